The van der Waals surface area contributed by atoms with Gasteiger partial charge in [-0.2, -0.15) is 0 Å². The second kappa shape index (κ2) is 5.51. The fraction of sp³-hybridized carbons (Fsp3) is 0.318. The number of imide groups is 1. The Kier molecular flexibility index (Phi) is 3.20. The molecule has 0 bridgehead atoms. The van der Waals surface area contributed by atoms with Crippen molar-refractivity contribution >= 4 is 29.1 Å². The Labute approximate surface area is 166 Å². The normalized spacial score (nSPS) is 32.7. The van der Waals surface area contributed by atoms with E-state index in [1.54, 1.807) is 0 Å². The van der Waals surface area contributed by atoms with Crippen LogP contribution < -0.4 is 10.2 Å². The number of nitrogens with one attached hydrogen (secondary N) is 1. The summed E-state index contributed by atoms with van der Waals surface area (Å²) in [5.41, 5.74) is 0.655. The van der Waals surface area contributed by atoms with Crippen LogP contribution in [0.5, 0.6) is 0 Å². The van der Waals surface area contributed by atoms with Crippen molar-refractivity contribution in [3.05, 3.63) is 59.9 Å². The predicted octanol–water partition coefficient (Wildman–Crippen LogP) is 2.26. The highest BCUT2D eigenvalue weighted by molar-refractivity contribution is 6.25. The van der Waals surface area contributed by atoms with Crippen molar-refractivity contribution in [2.24, 2.45) is 11.8 Å². The molecule has 4 aliphatic heterocycles. The van der Waals surface area contributed by atoms with Gasteiger partial charge in [-0.25, -0.2) is 9.29 Å². The van der Waals surface area contributed by atoms with Gasteiger partial charge < -0.3 is 5.32 Å². The smallest absolute Gasteiger partial charge is 0.250 e. The Balaban J connectivity index is 1.55. The van der Waals surface area contributed by atoms with Crippen molar-refractivity contribution in [1.82, 2.24) is 4.90 Å². The number of amides is 3. The van der Waals surface area contributed by atoms with E-state index in [2.05, 4.69) is 10.2 Å². The molecule has 0 aliphatic carbocycles. The Morgan fingerprint density at radius 2 is 1.76 bits per heavy atom. The Bertz CT molecular complexity index is 1080. The number of carbonyl (C=O) groups excluding carboxylic acids is 3. The van der Waals surface area contributed by atoms with Crippen LogP contribution in [0.2, 0.25) is 0 Å². The summed E-state index contributed by atoms with van der Waals surface area (Å²) in [5.74, 6) is -2.71. The summed E-state index contributed by atoms with van der Waals surface area (Å²) in [6, 6.07) is 12.6. The van der Waals surface area contributed by atoms with Crippen LogP contribution >= 0.6 is 0 Å². The topological polar surface area (TPSA) is 69.7 Å². The van der Waals surface area contributed by atoms with Crippen molar-refractivity contribution in [2.75, 3.05) is 16.8 Å². The summed E-state index contributed by atoms with van der Waals surface area (Å²) >= 11 is 0. The van der Waals surface area contributed by atoms with E-state index in [0.717, 1.165) is 23.3 Å². The van der Waals surface area contributed by atoms with Crippen LogP contribution in [0.1, 0.15) is 18.4 Å². The van der Waals surface area contributed by atoms with Gasteiger partial charge in [0.1, 0.15) is 11.4 Å². The molecular formula is C22H18FN3O3. The number of benzene rings is 2. The SMILES string of the molecule is O=C1[C@H]2[C@H]3CCCN3[C@]3(C(=O)Nc4ccccc43)[C@H]2C(=O)N1c1ccc(F)cc1. The van der Waals surface area contributed by atoms with E-state index >= 15 is 0 Å². The maximum Gasteiger partial charge on any atom is 0.250 e. The maximum atomic E-state index is 13.6. The van der Waals surface area contributed by atoms with Crippen molar-refractivity contribution in [3.8, 4) is 0 Å². The number of anilines is 2. The molecule has 2 aromatic rings. The minimum absolute atomic E-state index is 0.154. The number of carbonyl (C=O) groups is 3. The fourth-order valence-corrected chi connectivity index (χ4v) is 6.00. The van der Waals surface area contributed by atoms with Gasteiger partial charge in [-0.15, -0.1) is 0 Å². The molecular weight excluding hydrogens is 373 g/mol. The van der Waals surface area contributed by atoms with Crippen molar-refractivity contribution < 1.29 is 18.8 Å². The van der Waals surface area contributed by atoms with E-state index in [0.29, 0.717) is 17.9 Å². The van der Waals surface area contributed by atoms with Gasteiger partial charge in [-0.3, -0.25) is 19.3 Å². The zero-order chi connectivity index (χ0) is 19.9. The monoisotopic (exact) mass is 391 g/mol. The number of nitrogens with zero attached hydrogens (tertiary/aromatic N) is 2. The summed E-state index contributed by atoms with van der Waals surface area (Å²) in [6.45, 7) is 0.677. The molecule has 146 valence electrons. The number of para-hydroxylation sites is 1. The molecule has 0 aromatic heterocycles. The molecule has 0 unspecified atom stereocenters. The lowest BCUT2D eigenvalue weighted by molar-refractivity contribution is -0.135. The summed E-state index contributed by atoms with van der Waals surface area (Å²) in [6.07, 6.45) is 1.65. The standard InChI is InChI=1S/C22H18FN3O3/c23-12-7-9-13(10-8-12)26-19(27)17-16-6-3-11-25(16)22(18(17)20(26)28)14-4-1-2-5-15(14)24-21(22)29/h1-2,4-5,7-10,16-18H,3,6,11H2,(H,24,29)/t16-,17+,18-,22+/m1/s1. The predicted molar refractivity (Wildman–Crippen MR) is 102 cm³/mol. The average Bonchev–Trinajstić information content (AvgIpc) is 3.41. The lowest BCUT2D eigenvalue weighted by atomic mass is 9.75. The van der Waals surface area contributed by atoms with E-state index in [1.807, 2.05) is 24.3 Å². The molecule has 0 radical (unpaired) electrons. The molecule has 3 amide bonds. The molecule has 7 heteroatoms. The highest BCUT2D eigenvalue weighted by Gasteiger charge is 2.74. The molecule has 2 aromatic carbocycles. The molecule has 1 spiro atoms. The van der Waals surface area contributed by atoms with Gasteiger partial charge in [0.05, 0.1) is 17.5 Å². The third kappa shape index (κ3) is 1.86. The molecule has 3 saturated heterocycles. The van der Waals surface area contributed by atoms with Crippen LogP contribution in [0, 0.1) is 17.7 Å². The van der Waals surface area contributed by atoms with Crippen molar-refractivity contribution in [3.63, 3.8) is 0 Å². The molecule has 4 atom stereocenters. The molecule has 1 N–H and O–H groups in total. The maximum absolute atomic E-state index is 13.6. The first kappa shape index (κ1) is 16.9. The highest BCUT2D eigenvalue weighted by Crippen LogP contribution is 2.60. The molecule has 6 nitrogen and oxygen atoms in total. The lowest BCUT2D eigenvalue weighted by Crippen LogP contribution is -2.54. The third-order valence-corrected chi connectivity index (χ3v) is 6.98. The molecule has 0 saturated carbocycles. The molecule has 29 heavy (non-hydrogen) atoms. The quantitative estimate of drug-likeness (QED) is 0.757. The van der Waals surface area contributed by atoms with Crippen LogP contribution in [0.25, 0.3) is 0 Å². The Morgan fingerprint density at radius 3 is 2.55 bits per heavy atom. The fourth-order valence-electron chi connectivity index (χ4n) is 6.00. The third-order valence-electron chi connectivity index (χ3n) is 6.98. The summed E-state index contributed by atoms with van der Waals surface area (Å²) in [4.78, 5) is 43.7. The van der Waals surface area contributed by atoms with Gasteiger partial charge in [-0.1, -0.05) is 18.2 Å². The largest absolute Gasteiger partial charge is 0.324 e. The molecule has 6 rings (SSSR count). The van der Waals surface area contributed by atoms with E-state index in [1.165, 1.54) is 24.3 Å². The molecule has 3 fully saturated rings. The second-order valence-electron chi connectivity index (χ2n) is 8.16. The van der Waals surface area contributed by atoms with Crippen LogP contribution in [0.3, 0.4) is 0 Å². The first-order valence-corrected chi connectivity index (χ1v) is 9.86. The Hall–Kier alpha value is -3.06. The first-order valence-electron chi connectivity index (χ1n) is 9.86. The van der Waals surface area contributed by atoms with Gasteiger partial charge in [0.15, 0.2) is 0 Å². The van der Waals surface area contributed by atoms with Crippen LogP contribution in [-0.4, -0.2) is 35.2 Å². The zero-order valence-electron chi connectivity index (χ0n) is 15.5. The van der Waals surface area contributed by atoms with Gasteiger partial charge in [0, 0.05) is 17.3 Å². The van der Waals surface area contributed by atoms with Crippen LogP contribution in [0.4, 0.5) is 15.8 Å². The summed E-state index contributed by atoms with van der Waals surface area (Å²) in [7, 11) is 0. The second-order valence-corrected chi connectivity index (χ2v) is 8.16. The zero-order valence-corrected chi connectivity index (χ0v) is 15.5. The number of hydrogen-bond donors (Lipinski definition) is 1. The van der Waals surface area contributed by atoms with Crippen LogP contribution in [0.15, 0.2) is 48.5 Å². The number of halogens is 1. The van der Waals surface area contributed by atoms with Gasteiger partial charge in [-0.05, 0) is 49.7 Å². The van der Waals surface area contributed by atoms with E-state index in [-0.39, 0.29) is 23.8 Å². The summed E-state index contributed by atoms with van der Waals surface area (Å²) < 4.78 is 13.4. The lowest BCUT2D eigenvalue weighted by Gasteiger charge is -2.36. The van der Waals surface area contributed by atoms with Gasteiger partial charge in [0.2, 0.25) is 17.7 Å². The molecule has 4 aliphatic rings. The molecule has 4 heterocycles. The van der Waals surface area contributed by atoms with Gasteiger partial charge in [0.25, 0.3) is 0 Å². The average molecular weight is 391 g/mol. The number of rotatable bonds is 1. The minimum Gasteiger partial charge on any atom is -0.324 e. The Morgan fingerprint density at radius 1 is 1.00 bits per heavy atom. The summed E-state index contributed by atoms with van der Waals surface area (Å²) in [5, 5.41) is 2.94. The number of fused-ring (bicyclic) bond motifs is 7. The number of hydrogen-bond acceptors (Lipinski definition) is 4. The van der Waals surface area contributed by atoms with Crippen LogP contribution in [-0.2, 0) is 19.9 Å². The van der Waals surface area contributed by atoms with E-state index in [4.69, 9.17) is 0 Å². The van der Waals surface area contributed by atoms with Gasteiger partial charge >= 0.3 is 0 Å². The van der Waals surface area contributed by atoms with E-state index < -0.39 is 23.2 Å². The first-order chi connectivity index (χ1) is 14.0. The highest BCUT2D eigenvalue weighted by atomic mass is 19.1. The van der Waals surface area contributed by atoms with E-state index in [9.17, 15) is 18.8 Å². The van der Waals surface area contributed by atoms with Crippen molar-refractivity contribution in [1.29, 1.82) is 0 Å². The minimum atomic E-state index is -1.16. The van der Waals surface area contributed by atoms with Crippen molar-refractivity contribution in [2.45, 2.75) is 24.4 Å².